The van der Waals surface area contributed by atoms with Crippen molar-refractivity contribution in [2.45, 2.75) is 25.0 Å². The molecule has 126 valence electrons. The van der Waals surface area contributed by atoms with Crippen LogP contribution in [0.25, 0.3) is 11.1 Å². The van der Waals surface area contributed by atoms with E-state index in [4.69, 9.17) is 20.9 Å². The quantitative estimate of drug-likeness (QED) is 0.730. The number of aliphatic hydroxyl groups excluding tert-OH is 1. The smallest absolute Gasteiger partial charge is 0.144 e. The average Bonchev–Trinajstić information content (AvgIpc) is 3.21. The molecule has 6 nitrogen and oxygen atoms in total. The van der Waals surface area contributed by atoms with Crippen molar-refractivity contribution in [2.75, 3.05) is 24.7 Å². The minimum absolute atomic E-state index is 0.152. The second-order valence-corrected chi connectivity index (χ2v) is 6.09. The van der Waals surface area contributed by atoms with Gasteiger partial charge in [-0.2, -0.15) is 0 Å². The standard InChI is InChI=1S/C17H18FN3O3/c18-15-9(8-4-13-17(21-6-8)11(22)7-24-13)5-10(19)16(20)14(15)12-2-1-3-23-12/h4-6,11-12,22H,1-3,7,19-20H2. The Morgan fingerprint density at radius 1 is 1.29 bits per heavy atom. The predicted octanol–water partition coefficient (Wildman–Crippen LogP) is 2.33. The Labute approximate surface area is 138 Å². The lowest BCUT2D eigenvalue weighted by molar-refractivity contribution is 0.109. The summed E-state index contributed by atoms with van der Waals surface area (Å²) in [6.45, 7) is 0.735. The summed E-state index contributed by atoms with van der Waals surface area (Å²) in [6, 6.07) is 3.16. The number of ether oxygens (including phenoxy) is 2. The molecule has 4 rings (SSSR count). The largest absolute Gasteiger partial charge is 0.488 e. The van der Waals surface area contributed by atoms with Gasteiger partial charge in [0, 0.05) is 29.5 Å². The number of halogens is 1. The summed E-state index contributed by atoms with van der Waals surface area (Å²) in [6.07, 6.45) is 1.94. The number of anilines is 2. The lowest BCUT2D eigenvalue weighted by Crippen LogP contribution is -2.09. The lowest BCUT2D eigenvalue weighted by atomic mass is 9.96. The van der Waals surface area contributed by atoms with Crippen LogP contribution >= 0.6 is 0 Å². The van der Waals surface area contributed by atoms with Crippen LogP contribution in [-0.2, 0) is 4.74 Å². The Balaban J connectivity index is 1.84. The van der Waals surface area contributed by atoms with E-state index < -0.39 is 11.9 Å². The zero-order chi connectivity index (χ0) is 16.8. The fourth-order valence-corrected chi connectivity index (χ4v) is 3.26. The second-order valence-electron chi connectivity index (χ2n) is 6.09. The molecular weight excluding hydrogens is 313 g/mol. The molecule has 0 aliphatic carbocycles. The van der Waals surface area contributed by atoms with Gasteiger partial charge in [-0.15, -0.1) is 0 Å². The molecule has 2 aromatic rings. The second kappa shape index (κ2) is 5.61. The van der Waals surface area contributed by atoms with E-state index in [1.54, 1.807) is 6.07 Å². The number of hydrogen-bond acceptors (Lipinski definition) is 6. The first kappa shape index (κ1) is 15.2. The van der Waals surface area contributed by atoms with Crippen molar-refractivity contribution >= 4 is 11.4 Å². The van der Waals surface area contributed by atoms with Crippen molar-refractivity contribution in [3.05, 3.63) is 35.4 Å². The molecule has 1 aromatic heterocycles. The molecule has 7 heteroatoms. The first-order valence-corrected chi connectivity index (χ1v) is 7.86. The van der Waals surface area contributed by atoms with Crippen LogP contribution in [-0.4, -0.2) is 23.3 Å². The molecule has 2 atom stereocenters. The third kappa shape index (κ3) is 2.28. The molecule has 0 radical (unpaired) electrons. The van der Waals surface area contributed by atoms with E-state index in [2.05, 4.69) is 4.98 Å². The topological polar surface area (TPSA) is 104 Å². The van der Waals surface area contributed by atoms with Gasteiger partial charge in [-0.05, 0) is 25.0 Å². The number of hydrogen-bond donors (Lipinski definition) is 3. The number of pyridine rings is 1. The highest BCUT2D eigenvalue weighted by Crippen LogP contribution is 2.42. The van der Waals surface area contributed by atoms with Crippen molar-refractivity contribution in [1.82, 2.24) is 4.98 Å². The SMILES string of the molecule is Nc1cc(-c2cnc3c(c2)OCC3O)c(F)c(C2CCCO2)c1N. The molecule has 1 fully saturated rings. The normalized spacial score (nSPS) is 22.4. The fourth-order valence-electron chi connectivity index (χ4n) is 3.26. The maximum atomic E-state index is 15.1. The average molecular weight is 331 g/mol. The number of fused-ring (bicyclic) bond motifs is 1. The molecule has 3 heterocycles. The van der Waals surface area contributed by atoms with Crippen molar-refractivity contribution in [2.24, 2.45) is 0 Å². The van der Waals surface area contributed by atoms with Gasteiger partial charge in [-0.1, -0.05) is 0 Å². The number of nitrogens with two attached hydrogens (primary N) is 2. The van der Waals surface area contributed by atoms with Gasteiger partial charge in [0.1, 0.15) is 30.0 Å². The van der Waals surface area contributed by atoms with Gasteiger partial charge in [-0.3, -0.25) is 4.98 Å². The van der Waals surface area contributed by atoms with Gasteiger partial charge in [0.2, 0.25) is 0 Å². The van der Waals surface area contributed by atoms with Gasteiger partial charge in [-0.25, -0.2) is 4.39 Å². The molecule has 5 N–H and O–H groups in total. The van der Waals surface area contributed by atoms with Crippen LogP contribution in [0.15, 0.2) is 18.3 Å². The van der Waals surface area contributed by atoms with Crippen LogP contribution in [0.5, 0.6) is 5.75 Å². The van der Waals surface area contributed by atoms with Gasteiger partial charge in [0.25, 0.3) is 0 Å². The van der Waals surface area contributed by atoms with Crippen LogP contribution in [0.3, 0.4) is 0 Å². The number of nitrogens with zero attached hydrogens (tertiary/aromatic N) is 1. The molecular formula is C17H18FN3O3. The van der Waals surface area contributed by atoms with E-state index in [1.165, 1.54) is 12.3 Å². The van der Waals surface area contributed by atoms with Gasteiger partial charge < -0.3 is 26.0 Å². The van der Waals surface area contributed by atoms with E-state index in [9.17, 15) is 5.11 Å². The maximum absolute atomic E-state index is 15.1. The summed E-state index contributed by atoms with van der Waals surface area (Å²) >= 11 is 0. The molecule has 2 aliphatic heterocycles. The van der Waals surface area contributed by atoms with Gasteiger partial charge in [0.15, 0.2) is 0 Å². The third-order valence-corrected chi connectivity index (χ3v) is 4.53. The van der Waals surface area contributed by atoms with Crippen LogP contribution in [0.2, 0.25) is 0 Å². The molecule has 1 saturated heterocycles. The monoisotopic (exact) mass is 331 g/mol. The summed E-state index contributed by atoms with van der Waals surface area (Å²) in [4.78, 5) is 4.19. The Kier molecular flexibility index (Phi) is 3.54. The van der Waals surface area contributed by atoms with E-state index in [-0.39, 0.29) is 18.4 Å². The molecule has 2 aliphatic rings. The van der Waals surface area contributed by atoms with E-state index in [0.29, 0.717) is 46.8 Å². The Hall–Kier alpha value is -2.38. The number of rotatable bonds is 2. The van der Waals surface area contributed by atoms with E-state index in [0.717, 1.165) is 6.42 Å². The summed E-state index contributed by atoms with van der Waals surface area (Å²) in [5.41, 5.74) is 14.1. The number of nitrogen functional groups attached to an aromatic ring is 2. The molecule has 0 amide bonds. The zero-order valence-electron chi connectivity index (χ0n) is 13.0. The van der Waals surface area contributed by atoms with E-state index in [1.807, 2.05) is 0 Å². The van der Waals surface area contributed by atoms with Crippen molar-refractivity contribution < 1.29 is 19.0 Å². The van der Waals surface area contributed by atoms with Crippen LogP contribution < -0.4 is 16.2 Å². The minimum Gasteiger partial charge on any atom is -0.488 e. The highest BCUT2D eigenvalue weighted by atomic mass is 19.1. The summed E-state index contributed by atoms with van der Waals surface area (Å²) in [7, 11) is 0. The summed E-state index contributed by atoms with van der Waals surface area (Å²) in [5.74, 6) is 0.00218. The maximum Gasteiger partial charge on any atom is 0.144 e. The third-order valence-electron chi connectivity index (χ3n) is 4.53. The Morgan fingerprint density at radius 3 is 2.88 bits per heavy atom. The van der Waals surface area contributed by atoms with Gasteiger partial charge in [0.05, 0.1) is 17.5 Å². The Bertz CT molecular complexity index is 806. The molecule has 0 bridgehead atoms. The lowest BCUT2D eigenvalue weighted by Gasteiger charge is -2.18. The summed E-state index contributed by atoms with van der Waals surface area (Å²) in [5, 5.41) is 9.75. The molecule has 1 aromatic carbocycles. The van der Waals surface area contributed by atoms with Crippen LogP contribution in [0.4, 0.5) is 15.8 Å². The zero-order valence-corrected chi connectivity index (χ0v) is 13.0. The number of aromatic nitrogens is 1. The Morgan fingerprint density at radius 2 is 2.12 bits per heavy atom. The first-order valence-electron chi connectivity index (χ1n) is 7.86. The van der Waals surface area contributed by atoms with Gasteiger partial charge >= 0.3 is 0 Å². The minimum atomic E-state index is -0.752. The highest BCUT2D eigenvalue weighted by molar-refractivity contribution is 5.79. The number of benzene rings is 1. The van der Waals surface area contributed by atoms with E-state index >= 15 is 4.39 Å². The predicted molar refractivity (Wildman–Crippen MR) is 86.8 cm³/mol. The van der Waals surface area contributed by atoms with Crippen LogP contribution in [0, 0.1) is 5.82 Å². The fraction of sp³-hybridized carbons (Fsp3) is 0.353. The molecule has 0 spiro atoms. The number of aliphatic hydroxyl groups is 1. The molecule has 24 heavy (non-hydrogen) atoms. The molecule has 0 saturated carbocycles. The molecule has 2 unspecified atom stereocenters. The first-order chi connectivity index (χ1) is 11.6. The summed E-state index contributed by atoms with van der Waals surface area (Å²) < 4.78 is 26.1. The van der Waals surface area contributed by atoms with Crippen molar-refractivity contribution in [3.63, 3.8) is 0 Å². The van der Waals surface area contributed by atoms with Crippen molar-refractivity contribution in [1.29, 1.82) is 0 Å². The highest BCUT2D eigenvalue weighted by Gasteiger charge is 2.28. The van der Waals surface area contributed by atoms with Crippen LogP contribution in [0.1, 0.15) is 36.3 Å². The van der Waals surface area contributed by atoms with Crippen molar-refractivity contribution in [3.8, 4) is 16.9 Å².